The van der Waals surface area contributed by atoms with E-state index in [0.29, 0.717) is 6.54 Å². The average molecular weight is 239 g/mol. The van der Waals surface area contributed by atoms with Crippen LogP contribution in [0.3, 0.4) is 0 Å². The Hall–Kier alpha value is -2.33. The lowest BCUT2D eigenvalue weighted by molar-refractivity contribution is 0.476. The van der Waals surface area contributed by atoms with Crippen LogP contribution in [0, 0.1) is 0 Å². The molecular formula is C14H13N3O. The lowest BCUT2D eigenvalue weighted by Crippen LogP contribution is -1.95. The van der Waals surface area contributed by atoms with Crippen molar-refractivity contribution in [3.05, 3.63) is 48.0 Å². The average Bonchev–Trinajstić information content (AvgIpc) is 2.81. The summed E-state index contributed by atoms with van der Waals surface area (Å²) in [6.07, 6.45) is 0. The van der Waals surface area contributed by atoms with Crippen molar-refractivity contribution in [2.45, 2.75) is 6.54 Å². The number of aromatic amines is 1. The van der Waals surface area contributed by atoms with E-state index in [4.69, 9.17) is 5.73 Å². The molecule has 90 valence electrons. The Kier molecular flexibility index (Phi) is 2.50. The van der Waals surface area contributed by atoms with E-state index >= 15 is 0 Å². The Morgan fingerprint density at radius 3 is 2.61 bits per heavy atom. The second kappa shape index (κ2) is 4.16. The number of benzene rings is 2. The van der Waals surface area contributed by atoms with Crippen molar-refractivity contribution < 1.29 is 5.11 Å². The molecular weight excluding hydrogens is 226 g/mol. The number of aromatic nitrogens is 2. The minimum Gasteiger partial charge on any atom is -0.508 e. The van der Waals surface area contributed by atoms with Gasteiger partial charge in [0, 0.05) is 18.2 Å². The second-order valence-corrected chi connectivity index (χ2v) is 4.19. The molecule has 0 saturated heterocycles. The lowest BCUT2D eigenvalue weighted by atomic mass is 10.1. The van der Waals surface area contributed by atoms with Crippen LogP contribution in [0.5, 0.6) is 5.75 Å². The summed E-state index contributed by atoms with van der Waals surface area (Å²) in [7, 11) is 0. The van der Waals surface area contributed by atoms with Crippen LogP contribution in [0.25, 0.3) is 22.4 Å². The molecule has 4 nitrogen and oxygen atoms in total. The summed E-state index contributed by atoms with van der Waals surface area (Å²) >= 11 is 0. The van der Waals surface area contributed by atoms with E-state index in [1.165, 1.54) is 0 Å². The molecule has 0 atom stereocenters. The maximum absolute atomic E-state index is 9.42. The van der Waals surface area contributed by atoms with Gasteiger partial charge in [-0.15, -0.1) is 0 Å². The van der Waals surface area contributed by atoms with Gasteiger partial charge in [-0.05, 0) is 17.7 Å². The highest BCUT2D eigenvalue weighted by Gasteiger charge is 2.05. The fraction of sp³-hybridized carbons (Fsp3) is 0.0714. The van der Waals surface area contributed by atoms with Crippen molar-refractivity contribution in [2.75, 3.05) is 0 Å². The van der Waals surface area contributed by atoms with Gasteiger partial charge in [-0.1, -0.05) is 24.3 Å². The number of fused-ring (bicyclic) bond motifs is 1. The third-order valence-corrected chi connectivity index (χ3v) is 2.93. The molecule has 0 aliphatic carbocycles. The number of phenolic OH excluding ortho intramolecular Hbond substituents is 1. The molecule has 2 aromatic carbocycles. The first kappa shape index (κ1) is 10.8. The summed E-state index contributed by atoms with van der Waals surface area (Å²) in [5.41, 5.74) is 9.32. The van der Waals surface area contributed by atoms with Crippen LogP contribution in [-0.4, -0.2) is 15.1 Å². The molecule has 3 aromatic rings. The number of H-pyrrole nitrogens is 1. The van der Waals surface area contributed by atoms with E-state index < -0.39 is 0 Å². The number of aromatic hydroxyl groups is 1. The maximum atomic E-state index is 9.42. The Bertz CT molecular complexity index is 686. The highest BCUT2D eigenvalue weighted by Crippen LogP contribution is 2.23. The normalized spacial score (nSPS) is 10.9. The molecule has 0 bridgehead atoms. The van der Waals surface area contributed by atoms with Crippen molar-refractivity contribution in [3.8, 4) is 17.1 Å². The summed E-state index contributed by atoms with van der Waals surface area (Å²) < 4.78 is 0. The van der Waals surface area contributed by atoms with E-state index in [2.05, 4.69) is 9.97 Å². The minimum atomic E-state index is 0.233. The molecule has 0 fully saturated rings. The first-order valence-electron chi connectivity index (χ1n) is 5.74. The quantitative estimate of drug-likeness (QED) is 0.642. The fourth-order valence-corrected chi connectivity index (χ4v) is 1.93. The first-order valence-corrected chi connectivity index (χ1v) is 5.74. The predicted molar refractivity (Wildman–Crippen MR) is 71.1 cm³/mol. The van der Waals surface area contributed by atoms with Crippen LogP contribution in [0.1, 0.15) is 5.56 Å². The van der Waals surface area contributed by atoms with Crippen molar-refractivity contribution in [3.63, 3.8) is 0 Å². The van der Waals surface area contributed by atoms with E-state index in [1.807, 2.05) is 24.3 Å². The summed E-state index contributed by atoms with van der Waals surface area (Å²) in [5.74, 6) is 1.02. The van der Waals surface area contributed by atoms with E-state index in [9.17, 15) is 5.11 Å². The number of nitrogens with two attached hydrogens (primary N) is 1. The van der Waals surface area contributed by atoms with Crippen LogP contribution in [0.15, 0.2) is 42.5 Å². The van der Waals surface area contributed by atoms with Crippen LogP contribution in [0.2, 0.25) is 0 Å². The zero-order valence-corrected chi connectivity index (χ0v) is 9.72. The summed E-state index contributed by atoms with van der Waals surface area (Å²) in [4.78, 5) is 7.67. The molecule has 1 heterocycles. The zero-order chi connectivity index (χ0) is 12.5. The number of rotatable bonds is 2. The largest absolute Gasteiger partial charge is 0.508 e. The number of hydrogen-bond donors (Lipinski definition) is 3. The molecule has 0 amide bonds. The van der Waals surface area contributed by atoms with Crippen molar-refractivity contribution in [1.29, 1.82) is 0 Å². The zero-order valence-electron chi connectivity index (χ0n) is 9.72. The summed E-state index contributed by atoms with van der Waals surface area (Å²) in [6, 6.07) is 13.0. The fourth-order valence-electron chi connectivity index (χ4n) is 1.93. The Morgan fingerprint density at radius 2 is 1.89 bits per heavy atom. The topological polar surface area (TPSA) is 74.9 Å². The molecule has 0 saturated carbocycles. The van der Waals surface area contributed by atoms with Crippen LogP contribution < -0.4 is 5.73 Å². The number of hydrogen-bond acceptors (Lipinski definition) is 3. The molecule has 4 heteroatoms. The highest BCUT2D eigenvalue weighted by molar-refractivity contribution is 5.80. The van der Waals surface area contributed by atoms with Gasteiger partial charge in [0.25, 0.3) is 0 Å². The summed E-state index contributed by atoms with van der Waals surface area (Å²) in [6.45, 7) is 0.536. The Balaban J connectivity index is 2.07. The van der Waals surface area contributed by atoms with Gasteiger partial charge >= 0.3 is 0 Å². The van der Waals surface area contributed by atoms with Gasteiger partial charge in [-0.3, -0.25) is 0 Å². The number of phenols is 1. The van der Waals surface area contributed by atoms with Gasteiger partial charge in [-0.25, -0.2) is 4.98 Å². The molecule has 4 N–H and O–H groups in total. The monoisotopic (exact) mass is 239 g/mol. The molecule has 0 aliphatic rings. The SMILES string of the molecule is NCc1ccc(-c2nc3ccc(O)cc3[nH]2)cc1. The van der Waals surface area contributed by atoms with Gasteiger partial charge < -0.3 is 15.8 Å². The molecule has 0 aliphatic heterocycles. The number of nitrogens with one attached hydrogen (secondary N) is 1. The first-order chi connectivity index (χ1) is 8.76. The number of nitrogens with zero attached hydrogens (tertiary/aromatic N) is 1. The van der Waals surface area contributed by atoms with Crippen LogP contribution >= 0.6 is 0 Å². The molecule has 18 heavy (non-hydrogen) atoms. The maximum Gasteiger partial charge on any atom is 0.138 e. The standard InChI is InChI=1S/C14H13N3O/c15-8-9-1-3-10(4-2-9)14-16-12-6-5-11(18)7-13(12)17-14/h1-7,18H,8,15H2,(H,16,17). The van der Waals surface area contributed by atoms with Gasteiger partial charge in [0.1, 0.15) is 11.6 Å². The van der Waals surface area contributed by atoms with E-state index in [1.54, 1.807) is 18.2 Å². The molecule has 1 aromatic heterocycles. The third kappa shape index (κ3) is 1.83. The molecule has 3 rings (SSSR count). The van der Waals surface area contributed by atoms with Gasteiger partial charge in [0.15, 0.2) is 0 Å². The Labute approximate surface area is 104 Å². The van der Waals surface area contributed by atoms with Crippen molar-refractivity contribution in [2.24, 2.45) is 5.73 Å². The van der Waals surface area contributed by atoms with Gasteiger partial charge in [0.2, 0.25) is 0 Å². The third-order valence-electron chi connectivity index (χ3n) is 2.93. The minimum absolute atomic E-state index is 0.233. The molecule has 0 radical (unpaired) electrons. The lowest BCUT2D eigenvalue weighted by Gasteiger charge is -1.98. The molecule has 0 spiro atoms. The van der Waals surface area contributed by atoms with E-state index in [0.717, 1.165) is 28.0 Å². The van der Waals surface area contributed by atoms with Gasteiger partial charge in [-0.2, -0.15) is 0 Å². The Morgan fingerprint density at radius 1 is 1.11 bits per heavy atom. The molecule has 0 unspecified atom stereocenters. The van der Waals surface area contributed by atoms with Crippen LogP contribution in [-0.2, 0) is 6.54 Å². The second-order valence-electron chi connectivity index (χ2n) is 4.19. The van der Waals surface area contributed by atoms with E-state index in [-0.39, 0.29) is 5.75 Å². The highest BCUT2D eigenvalue weighted by atomic mass is 16.3. The predicted octanol–water partition coefficient (Wildman–Crippen LogP) is 2.39. The number of imidazole rings is 1. The van der Waals surface area contributed by atoms with Crippen molar-refractivity contribution in [1.82, 2.24) is 9.97 Å². The van der Waals surface area contributed by atoms with Gasteiger partial charge in [0.05, 0.1) is 11.0 Å². The summed E-state index contributed by atoms with van der Waals surface area (Å²) in [5, 5.41) is 9.42. The smallest absolute Gasteiger partial charge is 0.138 e. The van der Waals surface area contributed by atoms with Crippen molar-refractivity contribution >= 4 is 11.0 Å². The van der Waals surface area contributed by atoms with Crippen LogP contribution in [0.4, 0.5) is 0 Å².